The molecule has 1 aliphatic rings. The molecule has 3 aromatic carbocycles. The van der Waals surface area contributed by atoms with Crippen molar-refractivity contribution in [2.75, 3.05) is 24.7 Å². The fourth-order valence-corrected chi connectivity index (χ4v) is 4.21. The molecule has 0 saturated carbocycles. The smallest absolute Gasteiger partial charge is 0.256 e. The molecule has 9 nitrogen and oxygen atoms in total. The fourth-order valence-electron chi connectivity index (χ4n) is 4.21. The maximum absolute atomic E-state index is 13.3. The van der Waals surface area contributed by atoms with Gasteiger partial charge in [0.25, 0.3) is 11.8 Å². The highest BCUT2D eigenvalue weighted by atomic mass is 16.5. The highest BCUT2D eigenvalue weighted by molar-refractivity contribution is 6.11. The normalized spacial score (nSPS) is 12.6. The van der Waals surface area contributed by atoms with Crippen LogP contribution in [0, 0.1) is 6.92 Å². The van der Waals surface area contributed by atoms with E-state index in [1.807, 2.05) is 43.3 Å². The molecule has 0 radical (unpaired) electrons. The quantitative estimate of drug-likeness (QED) is 0.364. The number of anilines is 2. The van der Waals surface area contributed by atoms with Gasteiger partial charge in [-0.05, 0) is 78.6 Å². The topological polar surface area (TPSA) is 132 Å². The second kappa shape index (κ2) is 10.5. The summed E-state index contributed by atoms with van der Waals surface area (Å²) in [5, 5.41) is 6.52. The van der Waals surface area contributed by atoms with Crippen LogP contribution in [0.15, 0.2) is 77.9 Å². The summed E-state index contributed by atoms with van der Waals surface area (Å²) in [6.45, 7) is 2.62. The molecule has 1 aliphatic heterocycles. The number of benzene rings is 3. The molecule has 0 saturated heterocycles. The van der Waals surface area contributed by atoms with Gasteiger partial charge in [0.1, 0.15) is 11.6 Å². The monoisotopic (exact) mass is 506 g/mol. The van der Waals surface area contributed by atoms with Crippen molar-refractivity contribution in [2.45, 2.75) is 13.3 Å². The third kappa shape index (κ3) is 5.22. The predicted octanol–water partition coefficient (Wildman–Crippen LogP) is 4.54. The summed E-state index contributed by atoms with van der Waals surface area (Å²) in [7, 11) is 1.51. The lowest BCUT2D eigenvalue weighted by Crippen LogP contribution is -2.30. The van der Waals surface area contributed by atoms with Gasteiger partial charge in [-0.25, -0.2) is 9.97 Å². The molecule has 0 bridgehead atoms. The number of carbonyl (C=O) groups excluding carboxylic acids is 2. The van der Waals surface area contributed by atoms with E-state index in [4.69, 9.17) is 10.5 Å². The lowest BCUT2D eigenvalue weighted by atomic mass is 9.97. The predicted molar refractivity (Wildman–Crippen MR) is 149 cm³/mol. The van der Waals surface area contributed by atoms with Crippen LogP contribution in [-0.4, -0.2) is 41.3 Å². The van der Waals surface area contributed by atoms with Gasteiger partial charge >= 0.3 is 0 Å². The molecule has 38 heavy (non-hydrogen) atoms. The Kier molecular flexibility index (Phi) is 6.82. The molecule has 0 aliphatic carbocycles. The number of fused-ring (bicyclic) bond motifs is 1. The molecule has 2 heterocycles. The number of amides is 2. The first-order chi connectivity index (χ1) is 18.4. The zero-order chi connectivity index (χ0) is 26.6. The van der Waals surface area contributed by atoms with E-state index in [0.717, 1.165) is 34.0 Å². The van der Waals surface area contributed by atoms with E-state index in [1.165, 1.54) is 7.11 Å². The number of nitrogen functional groups attached to an aromatic ring is 1. The Labute approximate surface area is 219 Å². The van der Waals surface area contributed by atoms with Gasteiger partial charge in [-0.2, -0.15) is 0 Å². The van der Waals surface area contributed by atoms with Crippen LogP contribution in [0.2, 0.25) is 0 Å². The lowest BCUT2D eigenvalue weighted by molar-refractivity contribution is 0.0975. The number of aromatic nitrogens is 2. The van der Waals surface area contributed by atoms with Crippen LogP contribution < -0.4 is 21.1 Å². The fraction of sp³-hybridized carbons (Fsp3) is 0.138. The number of hydrogen-bond donors (Lipinski definition) is 3. The second-order valence-electron chi connectivity index (χ2n) is 8.81. The van der Waals surface area contributed by atoms with Crippen molar-refractivity contribution in [2.24, 2.45) is 4.99 Å². The highest BCUT2D eigenvalue weighted by Crippen LogP contribution is 2.29. The van der Waals surface area contributed by atoms with E-state index in [1.54, 1.807) is 36.5 Å². The van der Waals surface area contributed by atoms with E-state index < -0.39 is 0 Å². The minimum atomic E-state index is -0.335. The van der Waals surface area contributed by atoms with Gasteiger partial charge in [-0.1, -0.05) is 18.2 Å². The number of nitrogens with two attached hydrogens (primary N) is 1. The standard InChI is InChI=1S/C29H26N6O3/c1-17-6-7-19(14-22(17)18-8-10-23-21(13-18)16-32-29(30)34-23)27(36)33-24-15-20(9-11-25(24)38-2)28(37)35-26-5-3-4-12-31-26/h3,5-11,13-16H,4,12H2,1-2H3,(H,33,36)(H2,30,32,34)(H,31,35,37). The van der Waals surface area contributed by atoms with Gasteiger partial charge in [-0.15, -0.1) is 0 Å². The third-order valence-corrected chi connectivity index (χ3v) is 6.21. The van der Waals surface area contributed by atoms with E-state index in [2.05, 4.69) is 25.6 Å². The summed E-state index contributed by atoms with van der Waals surface area (Å²) in [6.07, 6.45) is 6.27. The summed E-state index contributed by atoms with van der Waals surface area (Å²) >= 11 is 0. The van der Waals surface area contributed by atoms with Gasteiger partial charge in [0.15, 0.2) is 0 Å². The van der Waals surface area contributed by atoms with Crippen molar-refractivity contribution < 1.29 is 14.3 Å². The second-order valence-corrected chi connectivity index (χ2v) is 8.81. The number of ether oxygens (including phenoxy) is 1. The van der Waals surface area contributed by atoms with Gasteiger partial charge < -0.3 is 21.1 Å². The number of dihydropyridines is 1. The molecule has 0 unspecified atom stereocenters. The van der Waals surface area contributed by atoms with Crippen molar-refractivity contribution in [3.63, 3.8) is 0 Å². The van der Waals surface area contributed by atoms with E-state index in [-0.39, 0.29) is 17.8 Å². The zero-order valence-corrected chi connectivity index (χ0v) is 21.0. The third-order valence-electron chi connectivity index (χ3n) is 6.21. The Morgan fingerprint density at radius 3 is 2.55 bits per heavy atom. The van der Waals surface area contributed by atoms with Crippen LogP contribution in [0.3, 0.4) is 0 Å². The van der Waals surface area contributed by atoms with E-state index in [9.17, 15) is 9.59 Å². The molecule has 9 heteroatoms. The number of aryl methyl sites for hydroxylation is 1. The van der Waals surface area contributed by atoms with Crippen LogP contribution in [-0.2, 0) is 0 Å². The number of hydrogen-bond acceptors (Lipinski definition) is 7. The van der Waals surface area contributed by atoms with Gasteiger partial charge in [-0.3, -0.25) is 14.6 Å². The number of nitrogens with one attached hydrogen (secondary N) is 2. The SMILES string of the molecule is COc1ccc(C(=O)NC2=NCCC=C2)cc1NC(=O)c1ccc(C)c(-c2ccc3nc(N)ncc3c2)c1. The van der Waals surface area contributed by atoms with E-state index in [0.29, 0.717) is 34.9 Å². The number of methoxy groups -OCH3 is 1. The minimum absolute atomic E-state index is 0.219. The molecule has 4 N–H and O–H groups in total. The maximum Gasteiger partial charge on any atom is 0.256 e. The van der Waals surface area contributed by atoms with Crippen LogP contribution >= 0.6 is 0 Å². The first-order valence-corrected chi connectivity index (χ1v) is 12.1. The summed E-state index contributed by atoms with van der Waals surface area (Å²) < 4.78 is 5.43. The summed E-state index contributed by atoms with van der Waals surface area (Å²) in [4.78, 5) is 38.7. The van der Waals surface area contributed by atoms with Crippen molar-refractivity contribution in [1.82, 2.24) is 15.3 Å². The highest BCUT2D eigenvalue weighted by Gasteiger charge is 2.16. The average Bonchev–Trinajstić information content (AvgIpc) is 2.93. The van der Waals surface area contributed by atoms with Crippen LogP contribution in [0.5, 0.6) is 5.75 Å². The molecule has 2 amide bonds. The number of carbonyl (C=O) groups is 2. The van der Waals surface area contributed by atoms with Gasteiger partial charge in [0.2, 0.25) is 5.95 Å². The first kappa shape index (κ1) is 24.6. The Bertz CT molecular complexity index is 1630. The number of amidine groups is 1. The minimum Gasteiger partial charge on any atom is -0.495 e. The molecular formula is C29H26N6O3. The van der Waals surface area contributed by atoms with Gasteiger partial charge in [0, 0.05) is 29.3 Å². The Morgan fingerprint density at radius 2 is 1.76 bits per heavy atom. The molecule has 1 aromatic heterocycles. The Morgan fingerprint density at radius 1 is 0.974 bits per heavy atom. The molecule has 5 rings (SSSR count). The number of aliphatic imine (C=N–C) groups is 1. The Balaban J connectivity index is 1.40. The van der Waals surface area contributed by atoms with Crippen LogP contribution in [0.1, 0.15) is 32.7 Å². The van der Waals surface area contributed by atoms with Crippen molar-refractivity contribution in [1.29, 1.82) is 0 Å². The average molecular weight is 507 g/mol. The van der Waals surface area contributed by atoms with Crippen molar-refractivity contribution in [3.05, 3.63) is 89.6 Å². The van der Waals surface area contributed by atoms with Crippen molar-refractivity contribution >= 4 is 40.2 Å². The Hall–Kier alpha value is -5.05. The summed E-state index contributed by atoms with van der Waals surface area (Å²) in [6, 6.07) is 16.1. The largest absolute Gasteiger partial charge is 0.495 e. The molecular weight excluding hydrogens is 480 g/mol. The first-order valence-electron chi connectivity index (χ1n) is 12.1. The molecule has 0 atom stereocenters. The molecule has 4 aromatic rings. The number of nitrogens with zero attached hydrogens (tertiary/aromatic N) is 3. The van der Waals surface area contributed by atoms with E-state index >= 15 is 0 Å². The molecule has 0 fully saturated rings. The van der Waals surface area contributed by atoms with Gasteiger partial charge in [0.05, 0.1) is 18.3 Å². The number of rotatable bonds is 5. The molecule has 0 spiro atoms. The van der Waals surface area contributed by atoms with Crippen LogP contribution in [0.4, 0.5) is 11.6 Å². The lowest BCUT2D eigenvalue weighted by Gasteiger charge is -2.14. The van der Waals surface area contributed by atoms with Crippen LogP contribution in [0.25, 0.3) is 22.0 Å². The maximum atomic E-state index is 13.3. The summed E-state index contributed by atoms with van der Waals surface area (Å²) in [5.74, 6) is 0.507. The molecule has 190 valence electrons. The summed E-state index contributed by atoms with van der Waals surface area (Å²) in [5.41, 5.74) is 10.5. The van der Waals surface area contributed by atoms with Crippen molar-refractivity contribution in [3.8, 4) is 16.9 Å². The zero-order valence-electron chi connectivity index (χ0n) is 21.0.